The van der Waals surface area contributed by atoms with Crippen LogP contribution in [0.15, 0.2) is 24.6 Å². The van der Waals surface area contributed by atoms with Crippen LogP contribution in [-0.2, 0) is 4.79 Å². The van der Waals surface area contributed by atoms with Crippen molar-refractivity contribution in [3.8, 4) is 0 Å². The van der Waals surface area contributed by atoms with E-state index in [1.165, 1.54) is 0 Å². The maximum Gasteiger partial charge on any atom is 0.366 e. The second kappa shape index (κ2) is 21.8. The Morgan fingerprint density at radius 1 is 0.750 bits per heavy atom. The van der Waals surface area contributed by atoms with Crippen LogP contribution in [0.25, 0.3) is 20.9 Å². The van der Waals surface area contributed by atoms with Crippen LogP contribution >= 0.6 is 35.3 Å². The maximum absolute atomic E-state index is 10.8. The van der Waals surface area contributed by atoms with E-state index in [0.717, 1.165) is 51.2 Å². The Labute approximate surface area is 197 Å². The summed E-state index contributed by atoms with van der Waals surface area (Å²) in [5.74, 6) is 0. The standard InChI is InChI=1S/C6H13N3O.C6H11N3O.C3Cl3N3O3/c2*7-9-8-5-3-1-2-4-6-10;4-7-1(10)8(5)3(12)9(6)2(7)11/h10H,1-6H2;6H,1-5H2;. The molecule has 17 heteroatoms. The quantitative estimate of drug-likeness (QED) is 0.146. The van der Waals surface area contributed by atoms with E-state index in [1.54, 1.807) is 0 Å². The van der Waals surface area contributed by atoms with Gasteiger partial charge in [-0.1, -0.05) is 29.5 Å². The first-order valence-corrected chi connectivity index (χ1v) is 10.4. The molecule has 0 saturated carbocycles. The number of hydrogen-bond donors (Lipinski definition) is 1. The third-order valence-electron chi connectivity index (χ3n) is 3.38. The first-order chi connectivity index (χ1) is 15.3. The average Bonchev–Trinajstić information content (AvgIpc) is 2.80. The molecule has 1 rings (SSSR count). The van der Waals surface area contributed by atoms with Crippen LogP contribution in [0.2, 0.25) is 0 Å². The van der Waals surface area contributed by atoms with Gasteiger partial charge in [-0.25, -0.2) is 14.4 Å². The lowest BCUT2D eigenvalue weighted by Crippen LogP contribution is -2.47. The minimum Gasteiger partial charge on any atom is -0.396 e. The molecule has 0 bridgehead atoms. The number of aromatic nitrogens is 3. The van der Waals surface area contributed by atoms with Gasteiger partial charge in [0.2, 0.25) is 0 Å². The van der Waals surface area contributed by atoms with E-state index in [0.29, 0.717) is 19.5 Å². The van der Waals surface area contributed by atoms with Gasteiger partial charge in [0.05, 0.1) is 0 Å². The Balaban J connectivity index is 0. The van der Waals surface area contributed by atoms with Crippen LogP contribution in [0.3, 0.4) is 0 Å². The number of azide groups is 2. The van der Waals surface area contributed by atoms with Crippen molar-refractivity contribution in [3.63, 3.8) is 0 Å². The van der Waals surface area contributed by atoms with Crippen LogP contribution in [0, 0.1) is 0 Å². The highest BCUT2D eigenvalue weighted by atomic mass is 35.5. The molecule has 1 aromatic heterocycles. The molecule has 1 N–H and O–H groups in total. The van der Waals surface area contributed by atoms with E-state index in [2.05, 4.69) is 20.1 Å². The van der Waals surface area contributed by atoms with Crippen molar-refractivity contribution in [2.24, 2.45) is 10.2 Å². The molecule has 1 heterocycles. The zero-order chi connectivity index (χ0) is 24.8. The molecular formula is C15H24Cl3N9O5. The molecule has 0 radical (unpaired) electrons. The number of aliphatic hydroxyl groups is 1. The van der Waals surface area contributed by atoms with Gasteiger partial charge in [-0.3, -0.25) is 0 Å². The lowest BCUT2D eigenvalue weighted by Gasteiger charge is -1.96. The van der Waals surface area contributed by atoms with Crippen molar-refractivity contribution < 1.29 is 9.90 Å². The second-order valence-corrected chi connectivity index (χ2v) is 6.77. The smallest absolute Gasteiger partial charge is 0.366 e. The number of carbonyl (C=O) groups excluding carboxylic acids is 1. The monoisotopic (exact) mass is 515 g/mol. The van der Waals surface area contributed by atoms with Crippen molar-refractivity contribution >= 4 is 41.6 Å². The number of hydrogen-bond acceptors (Lipinski definition) is 7. The van der Waals surface area contributed by atoms with Crippen molar-refractivity contribution in [1.82, 2.24) is 12.3 Å². The molecule has 14 nitrogen and oxygen atoms in total. The second-order valence-electron chi connectivity index (χ2n) is 5.75. The molecule has 0 aliphatic carbocycles. The summed E-state index contributed by atoms with van der Waals surface area (Å²) in [6, 6.07) is 0. The first kappa shape index (κ1) is 31.7. The van der Waals surface area contributed by atoms with Gasteiger partial charge in [0.25, 0.3) is 0 Å². The third kappa shape index (κ3) is 15.3. The molecule has 0 aliphatic rings. The van der Waals surface area contributed by atoms with E-state index < -0.39 is 17.1 Å². The minimum atomic E-state index is -1.16. The lowest BCUT2D eigenvalue weighted by atomic mass is 10.2. The van der Waals surface area contributed by atoms with Crippen LogP contribution < -0.4 is 17.1 Å². The van der Waals surface area contributed by atoms with Gasteiger partial charge < -0.3 is 9.90 Å². The predicted molar refractivity (Wildman–Crippen MR) is 121 cm³/mol. The Morgan fingerprint density at radius 2 is 1.12 bits per heavy atom. The summed E-state index contributed by atoms with van der Waals surface area (Å²) < 4.78 is 0.254. The van der Waals surface area contributed by atoms with E-state index >= 15 is 0 Å². The molecule has 0 fully saturated rings. The van der Waals surface area contributed by atoms with Gasteiger partial charge in [-0.15, -0.1) is 12.3 Å². The largest absolute Gasteiger partial charge is 0.396 e. The molecule has 0 saturated heterocycles. The highest BCUT2D eigenvalue weighted by Gasteiger charge is 2.10. The number of carbonyl (C=O) groups is 1. The van der Waals surface area contributed by atoms with Gasteiger partial charge in [0, 0.05) is 71.3 Å². The number of nitrogens with zero attached hydrogens (tertiary/aromatic N) is 9. The molecular weight excluding hydrogens is 493 g/mol. The molecule has 0 atom stereocenters. The van der Waals surface area contributed by atoms with Gasteiger partial charge in [0.1, 0.15) is 6.29 Å². The SMILES string of the molecule is O=c1n(Cl)c(=O)n(Cl)c(=O)n1Cl.[N-]=[N+]=NCCCCCC=O.[N-]=[N+]=NCCCCCCO. The number of aldehydes is 1. The predicted octanol–water partition coefficient (Wildman–Crippen LogP) is 3.08. The normalized spacial score (nSPS) is 9.25. The van der Waals surface area contributed by atoms with Crippen molar-refractivity contribution in [1.29, 1.82) is 0 Å². The van der Waals surface area contributed by atoms with Crippen LogP contribution in [0.1, 0.15) is 51.4 Å². The molecule has 0 aromatic carbocycles. The van der Waals surface area contributed by atoms with E-state index in [-0.39, 0.29) is 18.9 Å². The van der Waals surface area contributed by atoms with Crippen LogP contribution in [-0.4, -0.2) is 43.3 Å². The van der Waals surface area contributed by atoms with Gasteiger partial charge in [0.15, 0.2) is 0 Å². The summed E-state index contributed by atoms with van der Waals surface area (Å²) in [6.07, 6.45) is 8.15. The number of rotatable bonds is 12. The van der Waals surface area contributed by atoms with Crippen molar-refractivity contribution in [3.05, 3.63) is 52.3 Å². The van der Waals surface area contributed by atoms with Crippen LogP contribution in [0.5, 0.6) is 0 Å². The molecule has 180 valence electrons. The average molecular weight is 517 g/mol. The minimum absolute atomic E-state index is 0.0847. The van der Waals surface area contributed by atoms with E-state index in [9.17, 15) is 19.2 Å². The molecule has 1 aromatic rings. The van der Waals surface area contributed by atoms with Gasteiger partial charge in [-0.05, 0) is 36.7 Å². The van der Waals surface area contributed by atoms with E-state index in [4.69, 9.17) is 51.5 Å². The zero-order valence-electron chi connectivity index (χ0n) is 17.1. The third-order valence-corrected chi connectivity index (χ3v) is 4.25. The topological polar surface area (TPSA) is 201 Å². The summed E-state index contributed by atoms with van der Waals surface area (Å²) in [5.41, 5.74) is 12.3. The highest BCUT2D eigenvalue weighted by Crippen LogP contribution is 1.98. The number of aliphatic hydroxyl groups excluding tert-OH is 1. The Morgan fingerprint density at radius 3 is 1.47 bits per heavy atom. The number of unbranched alkanes of at least 4 members (excludes halogenated alkanes) is 6. The zero-order valence-corrected chi connectivity index (χ0v) is 19.4. The Kier molecular flexibility index (Phi) is 21.6. The summed E-state index contributed by atoms with van der Waals surface area (Å²) in [6.45, 7) is 1.40. The molecule has 0 unspecified atom stereocenters. The van der Waals surface area contributed by atoms with Gasteiger partial charge >= 0.3 is 17.1 Å². The maximum atomic E-state index is 10.8. The Hall–Kier alpha value is -2.47. The fraction of sp³-hybridized carbons (Fsp3) is 0.733. The molecule has 32 heavy (non-hydrogen) atoms. The molecule has 0 aliphatic heterocycles. The van der Waals surface area contributed by atoms with Gasteiger partial charge in [-0.2, -0.15) is 0 Å². The number of halogens is 3. The fourth-order valence-corrected chi connectivity index (χ4v) is 2.37. The fourth-order valence-electron chi connectivity index (χ4n) is 1.80. The summed E-state index contributed by atoms with van der Waals surface area (Å²) in [4.78, 5) is 47.3. The van der Waals surface area contributed by atoms with E-state index in [1.807, 2.05) is 0 Å². The summed E-state index contributed by atoms with van der Waals surface area (Å²) in [5, 5.41) is 15.1. The van der Waals surface area contributed by atoms with Crippen molar-refractivity contribution in [2.45, 2.75) is 51.4 Å². The molecule has 0 spiro atoms. The summed E-state index contributed by atoms with van der Waals surface area (Å²) >= 11 is 15.3. The Bertz CT molecular complexity index is 832. The highest BCUT2D eigenvalue weighted by molar-refractivity contribution is 6.19. The summed E-state index contributed by atoms with van der Waals surface area (Å²) in [7, 11) is 0. The van der Waals surface area contributed by atoms with Crippen molar-refractivity contribution in [2.75, 3.05) is 19.7 Å². The lowest BCUT2D eigenvalue weighted by molar-refractivity contribution is -0.107. The molecule has 0 amide bonds. The first-order valence-electron chi connectivity index (χ1n) is 9.35. The van der Waals surface area contributed by atoms with Crippen LogP contribution in [0.4, 0.5) is 0 Å².